The van der Waals surface area contributed by atoms with Gasteiger partial charge in [-0.15, -0.1) is 0 Å². The van der Waals surface area contributed by atoms with Crippen LogP contribution in [0.4, 0.5) is 21.8 Å². The van der Waals surface area contributed by atoms with Gasteiger partial charge in [0.05, 0.1) is 25.1 Å². The first-order valence-corrected chi connectivity index (χ1v) is 14.9. The molecule has 2 aliphatic rings. The van der Waals surface area contributed by atoms with E-state index in [9.17, 15) is 5.11 Å². The number of nitrogens with one attached hydrogen (secondary N) is 1. The highest BCUT2D eigenvalue weighted by Crippen LogP contribution is 2.34. The van der Waals surface area contributed by atoms with E-state index in [1.54, 1.807) is 12.1 Å². The van der Waals surface area contributed by atoms with Crippen LogP contribution < -0.4 is 11.1 Å². The van der Waals surface area contributed by atoms with Crippen LogP contribution in [0.5, 0.6) is 0 Å². The number of ether oxygens (including phenoxy) is 1. The van der Waals surface area contributed by atoms with Crippen LogP contribution in [0, 0.1) is 12.7 Å². The number of likely N-dealkylation sites (tertiary alicyclic amines) is 1. The highest BCUT2D eigenvalue weighted by atomic mass is 35.5. The maximum absolute atomic E-state index is 15.3. The van der Waals surface area contributed by atoms with E-state index in [4.69, 9.17) is 22.1 Å². The topological polar surface area (TPSA) is 112 Å². The predicted molar refractivity (Wildman–Crippen MR) is 163 cm³/mol. The SMILES string of the molecule is CCCCC(C)=CC(N)=Nc1nc(Nc2cc(C)c(C3CCN(C(O)CN4CCOCC4)CC3)cc2F)ncc1Cl. The molecule has 2 saturated heterocycles. The largest absolute Gasteiger partial charge is 0.384 e. The van der Waals surface area contributed by atoms with Gasteiger partial charge < -0.3 is 20.9 Å². The second kappa shape index (κ2) is 15.0. The Morgan fingerprint density at radius 3 is 2.73 bits per heavy atom. The number of piperidine rings is 1. The monoisotopic (exact) mass is 587 g/mol. The van der Waals surface area contributed by atoms with Gasteiger partial charge in [-0.2, -0.15) is 4.98 Å². The summed E-state index contributed by atoms with van der Waals surface area (Å²) in [7, 11) is 0. The molecule has 0 amide bonds. The van der Waals surface area contributed by atoms with Gasteiger partial charge >= 0.3 is 0 Å². The molecule has 0 radical (unpaired) electrons. The highest BCUT2D eigenvalue weighted by Gasteiger charge is 2.28. The molecule has 1 aromatic carbocycles. The first-order valence-electron chi connectivity index (χ1n) is 14.6. The summed E-state index contributed by atoms with van der Waals surface area (Å²) in [5.41, 5.74) is 9.50. The van der Waals surface area contributed by atoms with Gasteiger partial charge in [0, 0.05) is 32.7 Å². The molecule has 1 unspecified atom stereocenters. The van der Waals surface area contributed by atoms with Gasteiger partial charge in [-0.25, -0.2) is 14.4 Å². The number of anilines is 2. The van der Waals surface area contributed by atoms with E-state index in [1.165, 1.54) is 6.20 Å². The number of aliphatic hydroxyl groups excluding tert-OH is 1. The minimum Gasteiger partial charge on any atom is -0.384 e. The van der Waals surface area contributed by atoms with Crippen molar-refractivity contribution in [1.29, 1.82) is 0 Å². The number of hydrogen-bond donors (Lipinski definition) is 3. The third-order valence-electron chi connectivity index (χ3n) is 7.80. The molecule has 41 heavy (non-hydrogen) atoms. The number of unbranched alkanes of at least 4 members (excludes halogenated alkanes) is 1. The standard InChI is InChI=1S/C30H43ClFN7O2/c1-4-5-6-20(2)15-27(33)36-29-24(31)18-34-30(37-29)35-26-16-21(3)23(17-25(26)32)22-7-9-39(10-8-22)28(40)19-38-11-13-41-14-12-38/h15-18,22,28,40H,4-14,19H2,1-3H3,(H3,33,34,35,36,37). The number of benzene rings is 1. The van der Waals surface area contributed by atoms with Crippen molar-refractivity contribution in [2.24, 2.45) is 10.7 Å². The predicted octanol–water partition coefficient (Wildman–Crippen LogP) is 5.28. The molecule has 11 heteroatoms. The van der Waals surface area contributed by atoms with E-state index in [1.807, 2.05) is 19.9 Å². The number of aryl methyl sites for hydroxylation is 1. The van der Waals surface area contributed by atoms with Crippen LogP contribution in [-0.4, -0.2) is 82.9 Å². The molecule has 4 rings (SSSR count). The summed E-state index contributed by atoms with van der Waals surface area (Å²) >= 11 is 6.27. The van der Waals surface area contributed by atoms with Crippen molar-refractivity contribution >= 4 is 34.9 Å². The molecular formula is C30H43ClFN7O2. The molecule has 2 aliphatic heterocycles. The van der Waals surface area contributed by atoms with Gasteiger partial charge in [0.25, 0.3) is 0 Å². The van der Waals surface area contributed by atoms with Crippen molar-refractivity contribution in [3.8, 4) is 0 Å². The van der Waals surface area contributed by atoms with Crippen LogP contribution in [0.25, 0.3) is 0 Å². The zero-order valence-corrected chi connectivity index (χ0v) is 25.1. The Hall–Kier alpha value is -2.63. The number of hydrogen-bond acceptors (Lipinski definition) is 8. The summed E-state index contributed by atoms with van der Waals surface area (Å²) in [5, 5.41) is 14.0. The number of nitrogens with zero attached hydrogens (tertiary/aromatic N) is 5. The number of rotatable bonds is 11. The molecule has 224 valence electrons. The molecule has 0 aliphatic carbocycles. The number of halogens is 2. The smallest absolute Gasteiger partial charge is 0.229 e. The van der Waals surface area contributed by atoms with Gasteiger partial charge in [-0.05, 0) is 74.8 Å². The molecule has 4 N–H and O–H groups in total. The van der Waals surface area contributed by atoms with E-state index in [2.05, 4.69) is 37.0 Å². The van der Waals surface area contributed by atoms with Gasteiger partial charge in [0.15, 0.2) is 5.82 Å². The molecule has 9 nitrogen and oxygen atoms in total. The summed E-state index contributed by atoms with van der Waals surface area (Å²) in [4.78, 5) is 17.3. The van der Waals surface area contributed by atoms with Crippen LogP contribution in [0.3, 0.4) is 0 Å². The number of nitrogens with two attached hydrogens (primary N) is 1. The summed E-state index contributed by atoms with van der Waals surface area (Å²) in [6.45, 7) is 11.5. The van der Waals surface area contributed by atoms with E-state index >= 15 is 4.39 Å². The van der Waals surface area contributed by atoms with Crippen LogP contribution in [-0.2, 0) is 4.74 Å². The molecule has 1 atom stereocenters. The van der Waals surface area contributed by atoms with Crippen LogP contribution in [0.1, 0.15) is 63.0 Å². The summed E-state index contributed by atoms with van der Waals surface area (Å²) in [6, 6.07) is 3.40. The van der Waals surface area contributed by atoms with Crippen molar-refractivity contribution in [2.75, 3.05) is 51.3 Å². The summed E-state index contributed by atoms with van der Waals surface area (Å²) in [6.07, 6.45) is 7.61. The summed E-state index contributed by atoms with van der Waals surface area (Å²) in [5.74, 6) is 0.558. The lowest BCUT2D eigenvalue weighted by atomic mass is 9.86. The first kappa shape index (κ1) is 31.3. The zero-order chi connectivity index (χ0) is 29.4. The van der Waals surface area contributed by atoms with E-state index in [-0.39, 0.29) is 34.2 Å². The minimum absolute atomic E-state index is 0.182. The Morgan fingerprint density at radius 2 is 2.02 bits per heavy atom. The normalized spacial score (nSPS) is 19.0. The number of allylic oxidation sites excluding steroid dienone is 1. The minimum atomic E-state index is -0.497. The number of β-amino-alcohol motifs (C(OH)–C–C–N with tert-alkyl or cyclic N) is 1. The molecule has 0 spiro atoms. The van der Waals surface area contributed by atoms with Gasteiger partial charge in [0.2, 0.25) is 5.95 Å². The molecule has 3 heterocycles. The molecule has 2 aromatic rings. The van der Waals surface area contributed by atoms with E-state index < -0.39 is 6.23 Å². The maximum Gasteiger partial charge on any atom is 0.229 e. The lowest BCUT2D eigenvalue weighted by Gasteiger charge is -2.38. The van der Waals surface area contributed by atoms with Crippen molar-refractivity contribution in [3.05, 3.63) is 51.9 Å². The number of aromatic nitrogens is 2. The average Bonchev–Trinajstić information content (AvgIpc) is 2.96. The molecular weight excluding hydrogens is 545 g/mol. The van der Waals surface area contributed by atoms with Crippen molar-refractivity contribution in [2.45, 2.75) is 65.0 Å². The molecule has 1 aromatic heterocycles. The maximum atomic E-state index is 15.3. The third-order valence-corrected chi connectivity index (χ3v) is 8.06. The Morgan fingerprint density at radius 1 is 1.29 bits per heavy atom. The second-order valence-corrected chi connectivity index (χ2v) is 11.4. The van der Waals surface area contributed by atoms with E-state index in [0.29, 0.717) is 12.4 Å². The number of aliphatic imine (C=N–C) groups is 1. The average molecular weight is 588 g/mol. The van der Waals surface area contributed by atoms with Crippen LogP contribution >= 0.6 is 11.6 Å². The Kier molecular flexibility index (Phi) is 11.5. The fraction of sp³-hybridized carbons (Fsp3) is 0.567. The van der Waals surface area contributed by atoms with Crippen LogP contribution in [0.15, 0.2) is 35.0 Å². The van der Waals surface area contributed by atoms with Gasteiger partial charge in [-0.3, -0.25) is 9.80 Å². The quantitative estimate of drug-likeness (QED) is 0.241. The van der Waals surface area contributed by atoms with E-state index in [0.717, 1.165) is 88.2 Å². The lowest BCUT2D eigenvalue weighted by molar-refractivity contribution is -0.0522. The summed E-state index contributed by atoms with van der Waals surface area (Å²) < 4.78 is 20.7. The number of morpholine rings is 1. The molecule has 2 fully saturated rings. The third kappa shape index (κ3) is 8.93. The molecule has 0 bridgehead atoms. The molecule has 0 saturated carbocycles. The van der Waals surface area contributed by atoms with Crippen molar-refractivity contribution in [3.63, 3.8) is 0 Å². The number of amidine groups is 1. The Balaban J connectivity index is 1.39. The lowest BCUT2D eigenvalue weighted by Crippen LogP contribution is -2.49. The Labute approximate surface area is 247 Å². The Bertz CT molecular complexity index is 1230. The van der Waals surface area contributed by atoms with Gasteiger partial charge in [-0.1, -0.05) is 30.5 Å². The second-order valence-electron chi connectivity index (χ2n) is 11.0. The van der Waals surface area contributed by atoms with Crippen molar-refractivity contribution in [1.82, 2.24) is 19.8 Å². The van der Waals surface area contributed by atoms with Crippen molar-refractivity contribution < 1.29 is 14.2 Å². The fourth-order valence-corrected chi connectivity index (χ4v) is 5.56. The van der Waals surface area contributed by atoms with Gasteiger partial charge in [0.1, 0.15) is 22.9 Å². The number of aliphatic hydroxyl groups is 1. The fourth-order valence-electron chi connectivity index (χ4n) is 5.42. The highest BCUT2D eigenvalue weighted by molar-refractivity contribution is 6.32. The zero-order valence-electron chi connectivity index (χ0n) is 24.4. The van der Waals surface area contributed by atoms with Crippen LogP contribution in [0.2, 0.25) is 5.02 Å². The first-order chi connectivity index (χ1) is 19.7.